The Morgan fingerprint density at radius 1 is 1.00 bits per heavy atom. The molecule has 0 saturated carbocycles. The number of benzene rings is 1. The predicted octanol–water partition coefficient (Wildman–Crippen LogP) is 5.24. The number of pyridine rings is 2. The van der Waals surface area contributed by atoms with Crippen molar-refractivity contribution in [2.45, 2.75) is 19.4 Å². The lowest BCUT2D eigenvalue weighted by molar-refractivity contribution is 0.584. The van der Waals surface area contributed by atoms with Gasteiger partial charge in [-0.1, -0.05) is 30.3 Å². The zero-order valence-electron chi connectivity index (χ0n) is 18.6. The second-order valence-electron chi connectivity index (χ2n) is 8.04. The van der Waals surface area contributed by atoms with E-state index < -0.39 is 5.95 Å². The first-order valence-electron chi connectivity index (χ1n) is 11.0. The highest BCUT2D eigenvalue weighted by Crippen LogP contribution is 2.40. The number of rotatable bonds is 7. The molecule has 0 bridgehead atoms. The maximum atomic E-state index is 13.5. The molecule has 1 unspecified atom stereocenters. The van der Waals surface area contributed by atoms with E-state index in [1.165, 1.54) is 11.6 Å². The van der Waals surface area contributed by atoms with Crippen molar-refractivity contribution in [3.63, 3.8) is 0 Å². The van der Waals surface area contributed by atoms with E-state index in [-0.39, 0.29) is 6.04 Å². The van der Waals surface area contributed by atoms with Crippen molar-refractivity contribution in [2.24, 2.45) is 5.73 Å². The SMILES string of the molecule is Cc1sc2c(NCC(N)Cc3ccccc3)nc(-c3ccncc3)nc2c1-c1ccc(F)nc1. The number of aromatic nitrogens is 4. The van der Waals surface area contributed by atoms with Crippen molar-refractivity contribution in [1.82, 2.24) is 19.9 Å². The Bertz CT molecular complexity index is 1400. The molecular weight excluding hydrogens is 447 g/mol. The summed E-state index contributed by atoms with van der Waals surface area (Å²) in [5.41, 5.74) is 11.0. The number of hydrogen-bond donors (Lipinski definition) is 2. The monoisotopic (exact) mass is 470 g/mol. The maximum Gasteiger partial charge on any atom is 0.212 e. The number of hydrogen-bond acceptors (Lipinski definition) is 7. The van der Waals surface area contributed by atoms with Crippen LogP contribution in [0.4, 0.5) is 10.2 Å². The third-order valence-corrected chi connectivity index (χ3v) is 6.64. The van der Waals surface area contributed by atoms with Crippen molar-refractivity contribution in [1.29, 1.82) is 0 Å². The first-order chi connectivity index (χ1) is 16.6. The van der Waals surface area contributed by atoms with Gasteiger partial charge in [-0.2, -0.15) is 4.39 Å². The molecule has 34 heavy (non-hydrogen) atoms. The molecule has 0 aliphatic heterocycles. The predicted molar refractivity (Wildman–Crippen MR) is 135 cm³/mol. The van der Waals surface area contributed by atoms with Crippen molar-refractivity contribution < 1.29 is 4.39 Å². The van der Waals surface area contributed by atoms with Crippen molar-refractivity contribution in [3.05, 3.63) is 89.6 Å². The van der Waals surface area contributed by atoms with Gasteiger partial charge >= 0.3 is 0 Å². The number of aryl methyl sites for hydroxylation is 1. The number of thiophene rings is 1. The van der Waals surface area contributed by atoms with Crippen LogP contribution in [0.2, 0.25) is 0 Å². The molecule has 8 heteroatoms. The fourth-order valence-corrected chi connectivity index (χ4v) is 5.00. The van der Waals surface area contributed by atoms with Gasteiger partial charge in [-0.05, 0) is 43.2 Å². The summed E-state index contributed by atoms with van der Waals surface area (Å²) in [6, 6.07) is 17.0. The van der Waals surface area contributed by atoms with Gasteiger partial charge in [0.15, 0.2) is 5.82 Å². The summed E-state index contributed by atoms with van der Waals surface area (Å²) in [5, 5.41) is 3.46. The van der Waals surface area contributed by atoms with Crippen LogP contribution < -0.4 is 11.1 Å². The lowest BCUT2D eigenvalue weighted by Crippen LogP contribution is -2.31. The molecule has 0 fully saturated rings. The zero-order valence-corrected chi connectivity index (χ0v) is 19.4. The van der Waals surface area contributed by atoms with Crippen molar-refractivity contribution in [3.8, 4) is 22.5 Å². The fourth-order valence-electron chi connectivity index (χ4n) is 3.92. The van der Waals surface area contributed by atoms with E-state index in [2.05, 4.69) is 27.4 Å². The van der Waals surface area contributed by atoms with Gasteiger partial charge < -0.3 is 11.1 Å². The fraction of sp³-hybridized carbons (Fsp3) is 0.154. The molecule has 0 saturated heterocycles. The Hall–Kier alpha value is -3.75. The smallest absolute Gasteiger partial charge is 0.212 e. The number of halogens is 1. The van der Waals surface area contributed by atoms with E-state index in [1.807, 2.05) is 37.3 Å². The molecule has 4 aromatic heterocycles. The average Bonchev–Trinajstić information content (AvgIpc) is 3.20. The van der Waals surface area contributed by atoms with Crippen molar-refractivity contribution in [2.75, 3.05) is 11.9 Å². The van der Waals surface area contributed by atoms with Crippen LogP contribution in [0.25, 0.3) is 32.7 Å². The molecule has 0 aliphatic rings. The van der Waals surface area contributed by atoms with E-state index in [1.54, 1.807) is 36.0 Å². The lowest BCUT2D eigenvalue weighted by atomic mass is 10.1. The maximum absolute atomic E-state index is 13.5. The minimum Gasteiger partial charge on any atom is -0.367 e. The summed E-state index contributed by atoms with van der Waals surface area (Å²) in [7, 11) is 0. The standard InChI is InChI=1S/C26H23FN6S/c1-16-22(19-7-8-21(27)30-14-19)23-24(34-16)26(33-25(32-23)18-9-11-29-12-10-18)31-15-20(28)13-17-5-3-2-4-6-17/h2-12,14,20H,13,15,28H2,1H3,(H,31,32,33). The molecule has 6 nitrogen and oxygen atoms in total. The minimum absolute atomic E-state index is 0.0846. The number of fused-ring (bicyclic) bond motifs is 1. The van der Waals surface area contributed by atoms with Crippen LogP contribution in [0.15, 0.2) is 73.2 Å². The normalized spacial score (nSPS) is 12.1. The Morgan fingerprint density at radius 3 is 2.53 bits per heavy atom. The molecule has 5 rings (SSSR count). The highest BCUT2D eigenvalue weighted by molar-refractivity contribution is 7.20. The Labute approximate surface area is 200 Å². The van der Waals surface area contributed by atoms with Crippen LogP contribution in [0.5, 0.6) is 0 Å². The molecule has 170 valence electrons. The molecule has 0 radical (unpaired) electrons. The van der Waals surface area contributed by atoms with Gasteiger partial charge in [0.25, 0.3) is 0 Å². The highest BCUT2D eigenvalue weighted by atomic mass is 32.1. The van der Waals surface area contributed by atoms with Crippen LogP contribution >= 0.6 is 11.3 Å². The summed E-state index contributed by atoms with van der Waals surface area (Å²) >= 11 is 1.60. The van der Waals surface area contributed by atoms with Gasteiger partial charge in [0.1, 0.15) is 5.82 Å². The Balaban J connectivity index is 1.54. The minimum atomic E-state index is -0.511. The first kappa shape index (κ1) is 22.1. The third kappa shape index (κ3) is 4.64. The van der Waals surface area contributed by atoms with E-state index >= 15 is 0 Å². The Kier molecular flexibility index (Phi) is 6.24. The van der Waals surface area contributed by atoms with Crippen LogP contribution in [0.3, 0.4) is 0 Å². The summed E-state index contributed by atoms with van der Waals surface area (Å²) in [6.45, 7) is 2.59. The molecule has 4 heterocycles. The van der Waals surface area contributed by atoms with Crippen LogP contribution in [-0.2, 0) is 6.42 Å². The molecule has 1 aromatic carbocycles. The van der Waals surface area contributed by atoms with E-state index in [0.717, 1.165) is 44.0 Å². The molecule has 1 atom stereocenters. The van der Waals surface area contributed by atoms with Gasteiger partial charge in [0, 0.05) is 52.7 Å². The number of anilines is 1. The molecule has 0 amide bonds. The Morgan fingerprint density at radius 2 is 1.79 bits per heavy atom. The van der Waals surface area contributed by atoms with Gasteiger partial charge in [-0.15, -0.1) is 11.3 Å². The summed E-state index contributed by atoms with van der Waals surface area (Å²) in [6.07, 6.45) is 5.74. The quantitative estimate of drug-likeness (QED) is 0.316. The first-order valence-corrected chi connectivity index (χ1v) is 11.8. The van der Waals surface area contributed by atoms with Gasteiger partial charge in [0.2, 0.25) is 5.95 Å². The van der Waals surface area contributed by atoms with E-state index in [9.17, 15) is 4.39 Å². The molecule has 5 aromatic rings. The number of nitrogens with two attached hydrogens (primary N) is 1. The van der Waals surface area contributed by atoms with Crippen LogP contribution in [0.1, 0.15) is 10.4 Å². The number of nitrogens with zero attached hydrogens (tertiary/aromatic N) is 4. The van der Waals surface area contributed by atoms with E-state index in [4.69, 9.17) is 15.7 Å². The lowest BCUT2D eigenvalue weighted by Gasteiger charge is -2.14. The summed E-state index contributed by atoms with van der Waals surface area (Å²) in [5.74, 6) is 0.806. The van der Waals surface area contributed by atoms with Gasteiger partial charge in [0.05, 0.1) is 10.2 Å². The topological polar surface area (TPSA) is 89.6 Å². The van der Waals surface area contributed by atoms with Crippen molar-refractivity contribution >= 4 is 27.4 Å². The van der Waals surface area contributed by atoms with Gasteiger partial charge in [-0.3, -0.25) is 4.98 Å². The molecule has 0 spiro atoms. The third-order valence-electron chi connectivity index (χ3n) is 5.54. The van der Waals surface area contributed by atoms with Crippen LogP contribution in [0, 0.1) is 12.9 Å². The molecule has 3 N–H and O–H groups in total. The summed E-state index contributed by atoms with van der Waals surface area (Å²) < 4.78 is 14.4. The zero-order chi connectivity index (χ0) is 23.5. The average molecular weight is 471 g/mol. The van der Waals surface area contributed by atoms with E-state index in [0.29, 0.717) is 12.4 Å². The molecular formula is C26H23FN6S. The highest BCUT2D eigenvalue weighted by Gasteiger charge is 2.19. The summed E-state index contributed by atoms with van der Waals surface area (Å²) in [4.78, 5) is 18.7. The molecule has 0 aliphatic carbocycles. The second-order valence-corrected chi connectivity index (χ2v) is 9.27. The largest absolute Gasteiger partial charge is 0.367 e. The van der Waals surface area contributed by atoms with Crippen LogP contribution in [-0.4, -0.2) is 32.5 Å². The number of nitrogens with one attached hydrogen (secondary N) is 1. The van der Waals surface area contributed by atoms with Gasteiger partial charge in [-0.25, -0.2) is 15.0 Å². The second kappa shape index (κ2) is 9.62.